The molecule has 1 unspecified atom stereocenters. The van der Waals surface area contributed by atoms with Crippen molar-refractivity contribution in [3.8, 4) is 0 Å². The van der Waals surface area contributed by atoms with Crippen LogP contribution >= 0.6 is 24.0 Å². The average molecular weight is 283 g/mol. The summed E-state index contributed by atoms with van der Waals surface area (Å²) in [5, 5.41) is 0. The first kappa shape index (κ1) is 14.0. The van der Waals surface area contributed by atoms with E-state index in [4.69, 9.17) is 12.2 Å². The zero-order chi connectivity index (χ0) is 13.3. The Morgan fingerprint density at radius 2 is 2.22 bits per heavy atom. The summed E-state index contributed by atoms with van der Waals surface area (Å²) in [7, 11) is 2.16. The molecule has 2 rings (SSSR count). The summed E-state index contributed by atoms with van der Waals surface area (Å²) in [4.78, 5) is 10.4. The van der Waals surface area contributed by atoms with Gasteiger partial charge >= 0.3 is 0 Å². The molecule has 100 valence electrons. The summed E-state index contributed by atoms with van der Waals surface area (Å²) in [5.41, 5.74) is 1.24. The van der Waals surface area contributed by atoms with Gasteiger partial charge in [-0.15, -0.1) is 0 Å². The van der Waals surface area contributed by atoms with Gasteiger partial charge in [-0.3, -0.25) is 4.90 Å². The lowest BCUT2D eigenvalue weighted by molar-refractivity contribution is 0.263. The van der Waals surface area contributed by atoms with Crippen LogP contribution in [-0.2, 0) is 5.41 Å². The molecule has 1 aromatic rings. The summed E-state index contributed by atoms with van der Waals surface area (Å²) in [6, 6.07) is 2.34. The predicted octanol–water partition coefficient (Wildman–Crippen LogP) is 3.16. The van der Waals surface area contributed by atoms with Gasteiger partial charge < -0.3 is 4.98 Å². The number of rotatable bonds is 1. The number of nitrogens with zero attached hydrogens (tertiary/aromatic N) is 2. The smallest absolute Gasteiger partial charge is 0.130 e. The maximum absolute atomic E-state index is 5.31. The number of hydrogen-bond donors (Lipinski definition) is 1. The van der Waals surface area contributed by atoms with E-state index < -0.39 is 0 Å². The fourth-order valence-corrected chi connectivity index (χ4v) is 3.45. The summed E-state index contributed by atoms with van der Waals surface area (Å²) in [6.45, 7) is 7.68. The van der Waals surface area contributed by atoms with Crippen LogP contribution in [0.5, 0.6) is 0 Å². The Morgan fingerprint density at radius 1 is 1.50 bits per heavy atom. The fraction of sp³-hybridized carbons (Fsp3) is 0.692. The van der Waals surface area contributed by atoms with Crippen LogP contribution in [0.2, 0.25) is 0 Å². The Balaban J connectivity index is 2.39. The van der Waals surface area contributed by atoms with Gasteiger partial charge in [0.1, 0.15) is 10.5 Å². The lowest BCUT2D eigenvalue weighted by Crippen LogP contribution is -2.34. The Morgan fingerprint density at radius 3 is 2.83 bits per heavy atom. The molecule has 1 atom stereocenters. The molecule has 18 heavy (non-hydrogen) atoms. The average Bonchev–Trinajstić information content (AvgIpc) is 2.27. The van der Waals surface area contributed by atoms with Gasteiger partial charge in [0.25, 0.3) is 0 Å². The molecule has 5 heteroatoms. The molecule has 0 spiro atoms. The molecule has 0 amide bonds. The molecule has 3 nitrogen and oxygen atoms in total. The van der Waals surface area contributed by atoms with E-state index in [-0.39, 0.29) is 5.41 Å². The van der Waals surface area contributed by atoms with Crippen LogP contribution in [0.1, 0.15) is 38.3 Å². The number of H-pyrrole nitrogens is 1. The minimum Gasteiger partial charge on any atom is -0.345 e. The van der Waals surface area contributed by atoms with Crippen LogP contribution in [0.4, 0.5) is 0 Å². The van der Waals surface area contributed by atoms with E-state index in [0.717, 1.165) is 18.1 Å². The van der Waals surface area contributed by atoms with Gasteiger partial charge in [-0.25, -0.2) is 4.98 Å². The highest BCUT2D eigenvalue weighted by molar-refractivity contribution is 7.99. The van der Waals surface area contributed by atoms with E-state index in [1.165, 1.54) is 11.4 Å². The molecular formula is C13H21N3S2. The highest BCUT2D eigenvalue weighted by Crippen LogP contribution is 2.28. The third-order valence-electron chi connectivity index (χ3n) is 3.28. The number of nitrogens with one attached hydrogen (secondary N) is 1. The van der Waals surface area contributed by atoms with E-state index in [2.05, 4.69) is 42.7 Å². The Hall–Kier alpha value is -0.390. The third-order valence-corrected chi connectivity index (χ3v) is 4.51. The van der Waals surface area contributed by atoms with Crippen molar-refractivity contribution >= 4 is 24.0 Å². The van der Waals surface area contributed by atoms with Crippen LogP contribution in [0, 0.1) is 4.64 Å². The van der Waals surface area contributed by atoms with E-state index in [9.17, 15) is 0 Å². The largest absolute Gasteiger partial charge is 0.345 e. The first-order valence-electron chi connectivity index (χ1n) is 6.27. The maximum Gasteiger partial charge on any atom is 0.130 e. The lowest BCUT2D eigenvalue weighted by Gasteiger charge is -2.32. The molecule has 0 aromatic carbocycles. The molecule has 0 radical (unpaired) electrons. The summed E-state index contributed by atoms with van der Waals surface area (Å²) in [6.07, 6.45) is 0. The van der Waals surface area contributed by atoms with Crippen molar-refractivity contribution in [1.29, 1.82) is 0 Å². The van der Waals surface area contributed by atoms with Gasteiger partial charge in [0.05, 0.1) is 6.04 Å². The van der Waals surface area contributed by atoms with Gasteiger partial charge in [0, 0.05) is 29.2 Å². The molecular weight excluding hydrogens is 262 g/mol. The molecule has 1 aliphatic heterocycles. The second-order valence-corrected chi connectivity index (χ2v) is 7.41. The molecule has 1 N–H and O–H groups in total. The lowest BCUT2D eigenvalue weighted by atomic mass is 9.92. The van der Waals surface area contributed by atoms with Crippen LogP contribution in [0.3, 0.4) is 0 Å². The standard InChI is InChI=1S/C13H21N3S2/c1-13(2,3)10-7-11(17)15-12(14-10)9-8-18-6-5-16(9)4/h7,9H,5-6,8H2,1-4H3,(H,14,15,17). The second kappa shape index (κ2) is 5.31. The van der Waals surface area contributed by atoms with Crippen LogP contribution in [-0.4, -0.2) is 40.0 Å². The van der Waals surface area contributed by atoms with Gasteiger partial charge in [0.15, 0.2) is 0 Å². The van der Waals surface area contributed by atoms with Crippen LogP contribution in [0.15, 0.2) is 6.07 Å². The maximum atomic E-state index is 5.31. The molecule has 1 fully saturated rings. The minimum absolute atomic E-state index is 0.0750. The van der Waals surface area contributed by atoms with E-state index in [1.807, 2.05) is 17.8 Å². The van der Waals surface area contributed by atoms with Gasteiger partial charge in [-0.05, 0) is 13.1 Å². The molecule has 1 saturated heterocycles. The quantitative estimate of drug-likeness (QED) is 0.802. The zero-order valence-corrected chi connectivity index (χ0v) is 13.1. The first-order valence-corrected chi connectivity index (χ1v) is 7.84. The number of thioether (sulfide) groups is 1. The highest BCUT2D eigenvalue weighted by atomic mass is 32.2. The van der Waals surface area contributed by atoms with Crippen molar-refractivity contribution < 1.29 is 0 Å². The Labute approximate surface area is 118 Å². The third kappa shape index (κ3) is 3.13. The molecule has 0 bridgehead atoms. The van der Waals surface area contributed by atoms with Crippen molar-refractivity contribution in [2.75, 3.05) is 25.1 Å². The van der Waals surface area contributed by atoms with Crippen molar-refractivity contribution in [3.63, 3.8) is 0 Å². The zero-order valence-electron chi connectivity index (χ0n) is 11.5. The SMILES string of the molecule is CN1CCSCC1c1nc(=S)cc(C(C)(C)C)[nH]1. The molecule has 2 heterocycles. The minimum atomic E-state index is 0.0750. The number of aromatic nitrogens is 2. The monoisotopic (exact) mass is 283 g/mol. The molecule has 1 aromatic heterocycles. The molecule has 0 saturated carbocycles. The summed E-state index contributed by atoms with van der Waals surface area (Å²) >= 11 is 7.29. The molecule has 1 aliphatic rings. The normalized spacial score (nSPS) is 22.1. The van der Waals surface area contributed by atoms with Crippen molar-refractivity contribution in [2.24, 2.45) is 0 Å². The summed E-state index contributed by atoms with van der Waals surface area (Å²) in [5.74, 6) is 3.30. The fourth-order valence-electron chi connectivity index (χ4n) is 2.01. The van der Waals surface area contributed by atoms with Crippen molar-refractivity contribution in [3.05, 3.63) is 22.2 Å². The van der Waals surface area contributed by atoms with Gasteiger partial charge in [0.2, 0.25) is 0 Å². The molecule has 0 aliphatic carbocycles. The highest BCUT2D eigenvalue weighted by Gasteiger charge is 2.24. The number of aromatic amines is 1. The Kier molecular flexibility index (Phi) is 4.14. The van der Waals surface area contributed by atoms with Gasteiger partial charge in [-0.2, -0.15) is 11.8 Å². The van der Waals surface area contributed by atoms with E-state index in [1.54, 1.807) is 0 Å². The van der Waals surface area contributed by atoms with Crippen molar-refractivity contribution in [1.82, 2.24) is 14.9 Å². The van der Waals surface area contributed by atoms with Crippen LogP contribution < -0.4 is 0 Å². The van der Waals surface area contributed by atoms with E-state index >= 15 is 0 Å². The predicted molar refractivity (Wildman–Crippen MR) is 80.8 cm³/mol. The van der Waals surface area contributed by atoms with Gasteiger partial charge in [-0.1, -0.05) is 33.0 Å². The Bertz CT molecular complexity index is 476. The topological polar surface area (TPSA) is 31.9 Å². The first-order chi connectivity index (χ1) is 8.38. The van der Waals surface area contributed by atoms with Crippen LogP contribution in [0.25, 0.3) is 0 Å². The van der Waals surface area contributed by atoms with Crippen molar-refractivity contribution in [2.45, 2.75) is 32.2 Å². The summed E-state index contributed by atoms with van der Waals surface area (Å²) < 4.78 is 0.692. The van der Waals surface area contributed by atoms with E-state index in [0.29, 0.717) is 10.7 Å². The number of hydrogen-bond acceptors (Lipinski definition) is 4. The second-order valence-electron chi connectivity index (χ2n) is 5.84.